The average Bonchev–Trinajstić information content (AvgIpc) is 3.18. The van der Waals surface area contributed by atoms with Gasteiger partial charge in [-0.3, -0.25) is 9.78 Å². The van der Waals surface area contributed by atoms with Gasteiger partial charge in [0, 0.05) is 30.1 Å². The number of carbonyl (C=O) groups is 1. The second kappa shape index (κ2) is 9.34. The summed E-state index contributed by atoms with van der Waals surface area (Å²) in [6.07, 6.45) is 2.90. The molecule has 10 heteroatoms. The second-order valence-corrected chi connectivity index (χ2v) is 7.17. The predicted octanol–water partition coefficient (Wildman–Crippen LogP) is 4.01. The highest BCUT2D eigenvalue weighted by Gasteiger charge is 2.24. The largest absolute Gasteiger partial charge is 0.493 e. The molecule has 1 atom stereocenters. The van der Waals surface area contributed by atoms with Gasteiger partial charge < -0.3 is 24.9 Å². The number of nitrogens with two attached hydrogens (primary N) is 1. The molecule has 30 heavy (non-hydrogen) atoms. The molecule has 1 aromatic carbocycles. The summed E-state index contributed by atoms with van der Waals surface area (Å²) < 4.78 is 16.4. The van der Waals surface area contributed by atoms with Crippen molar-refractivity contribution in [1.29, 1.82) is 0 Å². The maximum atomic E-state index is 12.8. The molecular weight excluding hydrogens is 431 g/mol. The van der Waals surface area contributed by atoms with Crippen LogP contribution in [0.4, 0.5) is 0 Å². The van der Waals surface area contributed by atoms with Gasteiger partial charge in [-0.15, -0.1) is 0 Å². The Balaban J connectivity index is 1.90. The van der Waals surface area contributed by atoms with E-state index in [0.29, 0.717) is 32.7 Å². The number of hydrogen-bond acceptors (Lipinski definition) is 7. The highest BCUT2D eigenvalue weighted by atomic mass is 35.5. The number of halogens is 2. The zero-order valence-electron chi connectivity index (χ0n) is 16.5. The van der Waals surface area contributed by atoms with E-state index in [4.69, 9.17) is 42.8 Å². The molecule has 158 valence electrons. The maximum Gasteiger partial charge on any atom is 0.273 e. The molecule has 3 aromatic rings. The van der Waals surface area contributed by atoms with Gasteiger partial charge in [-0.05, 0) is 25.1 Å². The second-order valence-electron chi connectivity index (χ2n) is 6.35. The standard InChI is InChI=1S/C20H20Cl2N4O4/c1-10(23)18-17(19(27)25-7-12-13(21)8-24-9-14(12)22)26-20(30-18)11-4-5-15(28-2)16(6-11)29-3/h4-6,8-10H,7,23H2,1-3H3,(H,25,27)/t10-/m0/s1. The Hall–Kier alpha value is -2.81. The molecule has 0 bridgehead atoms. The number of methoxy groups -OCH3 is 2. The van der Waals surface area contributed by atoms with Crippen LogP contribution in [0.25, 0.3) is 11.5 Å². The minimum absolute atomic E-state index is 0.0797. The first-order valence-corrected chi connectivity index (χ1v) is 9.66. The lowest BCUT2D eigenvalue weighted by Gasteiger charge is -2.08. The van der Waals surface area contributed by atoms with Gasteiger partial charge in [0.15, 0.2) is 23.0 Å². The van der Waals surface area contributed by atoms with Crippen molar-refractivity contribution >= 4 is 29.1 Å². The van der Waals surface area contributed by atoms with Gasteiger partial charge in [0.2, 0.25) is 5.89 Å². The fourth-order valence-corrected chi connectivity index (χ4v) is 3.25. The number of rotatable bonds is 7. The van der Waals surface area contributed by atoms with Crippen molar-refractivity contribution < 1.29 is 18.7 Å². The number of benzene rings is 1. The SMILES string of the molecule is COc1ccc(-c2nc(C(=O)NCc3c(Cl)cncc3Cl)c([C@H](C)N)o2)cc1OC. The van der Waals surface area contributed by atoms with Gasteiger partial charge in [0.05, 0.1) is 30.3 Å². The summed E-state index contributed by atoms with van der Waals surface area (Å²) >= 11 is 12.2. The molecule has 0 fully saturated rings. The van der Waals surface area contributed by atoms with E-state index in [0.717, 1.165) is 0 Å². The van der Waals surface area contributed by atoms with Gasteiger partial charge in [0.1, 0.15) is 0 Å². The summed E-state index contributed by atoms with van der Waals surface area (Å²) in [5.41, 5.74) is 7.23. The van der Waals surface area contributed by atoms with Crippen molar-refractivity contribution in [2.75, 3.05) is 14.2 Å². The first-order valence-electron chi connectivity index (χ1n) is 8.90. The van der Waals surface area contributed by atoms with Crippen molar-refractivity contribution in [2.45, 2.75) is 19.5 Å². The number of nitrogens with one attached hydrogen (secondary N) is 1. The lowest BCUT2D eigenvalue weighted by molar-refractivity contribution is 0.0944. The third kappa shape index (κ3) is 4.51. The zero-order valence-corrected chi connectivity index (χ0v) is 18.0. The molecule has 0 radical (unpaired) electrons. The number of hydrogen-bond donors (Lipinski definition) is 2. The highest BCUT2D eigenvalue weighted by molar-refractivity contribution is 6.35. The van der Waals surface area contributed by atoms with E-state index >= 15 is 0 Å². The van der Waals surface area contributed by atoms with Gasteiger partial charge in [-0.25, -0.2) is 4.98 Å². The molecule has 3 N–H and O–H groups in total. The van der Waals surface area contributed by atoms with Gasteiger partial charge in [-0.1, -0.05) is 23.2 Å². The maximum absolute atomic E-state index is 12.8. The van der Waals surface area contributed by atoms with Gasteiger partial charge >= 0.3 is 0 Å². The molecule has 8 nitrogen and oxygen atoms in total. The summed E-state index contributed by atoms with van der Waals surface area (Å²) in [6.45, 7) is 1.79. The van der Waals surface area contributed by atoms with Crippen LogP contribution in [0.1, 0.15) is 34.8 Å². The highest BCUT2D eigenvalue weighted by Crippen LogP contribution is 2.33. The van der Waals surface area contributed by atoms with E-state index in [1.165, 1.54) is 19.5 Å². The Morgan fingerprint density at radius 1 is 1.20 bits per heavy atom. The van der Waals surface area contributed by atoms with Gasteiger partial charge in [0.25, 0.3) is 5.91 Å². The molecule has 2 heterocycles. The molecule has 0 saturated heterocycles. The number of pyridine rings is 1. The third-order valence-corrected chi connectivity index (χ3v) is 4.94. The summed E-state index contributed by atoms with van der Waals surface area (Å²) in [6, 6.07) is 4.61. The Labute approximate surface area is 183 Å². The minimum atomic E-state index is -0.555. The Bertz CT molecular complexity index is 1050. The van der Waals surface area contributed by atoms with E-state index in [1.807, 2.05) is 0 Å². The summed E-state index contributed by atoms with van der Waals surface area (Å²) in [7, 11) is 3.07. The molecule has 1 amide bonds. The van der Waals surface area contributed by atoms with E-state index in [9.17, 15) is 4.79 Å². The monoisotopic (exact) mass is 450 g/mol. The fraction of sp³-hybridized carbons (Fsp3) is 0.250. The van der Waals surface area contributed by atoms with Gasteiger partial charge in [-0.2, -0.15) is 0 Å². The Kier molecular flexibility index (Phi) is 6.81. The Morgan fingerprint density at radius 2 is 1.87 bits per heavy atom. The fourth-order valence-electron chi connectivity index (χ4n) is 2.76. The van der Waals surface area contributed by atoms with Crippen molar-refractivity contribution in [1.82, 2.24) is 15.3 Å². The predicted molar refractivity (Wildman–Crippen MR) is 113 cm³/mol. The number of carbonyl (C=O) groups excluding carboxylic acids is 1. The average molecular weight is 451 g/mol. The molecule has 0 saturated carbocycles. The van der Waals surface area contributed by atoms with Crippen molar-refractivity contribution in [3.05, 3.63) is 57.7 Å². The summed E-state index contributed by atoms with van der Waals surface area (Å²) in [4.78, 5) is 21.0. The topological polar surface area (TPSA) is 112 Å². The minimum Gasteiger partial charge on any atom is -0.493 e. The van der Waals surface area contributed by atoms with Crippen LogP contribution in [0.3, 0.4) is 0 Å². The number of amides is 1. The van der Waals surface area contributed by atoms with Crippen LogP contribution < -0.4 is 20.5 Å². The smallest absolute Gasteiger partial charge is 0.273 e. The molecule has 0 aliphatic heterocycles. The van der Waals surface area contributed by atoms with Crippen molar-refractivity contribution in [3.8, 4) is 23.0 Å². The van der Waals surface area contributed by atoms with Crippen molar-refractivity contribution in [3.63, 3.8) is 0 Å². The molecule has 3 rings (SSSR count). The molecule has 0 aliphatic carbocycles. The van der Waals surface area contributed by atoms with Crippen molar-refractivity contribution in [2.24, 2.45) is 5.73 Å². The number of ether oxygens (including phenoxy) is 2. The zero-order chi connectivity index (χ0) is 21.8. The Morgan fingerprint density at radius 3 is 2.47 bits per heavy atom. The van der Waals surface area contributed by atoms with Crippen LogP contribution in [-0.4, -0.2) is 30.1 Å². The lowest BCUT2D eigenvalue weighted by atomic mass is 10.2. The van der Waals surface area contributed by atoms with Crippen LogP contribution in [0.15, 0.2) is 35.0 Å². The van der Waals surface area contributed by atoms with E-state index in [-0.39, 0.29) is 23.9 Å². The lowest BCUT2D eigenvalue weighted by Crippen LogP contribution is -2.25. The van der Waals surface area contributed by atoms with Crippen LogP contribution in [0.2, 0.25) is 10.0 Å². The quantitative estimate of drug-likeness (QED) is 0.558. The summed E-state index contributed by atoms with van der Waals surface area (Å²) in [5.74, 6) is 1.08. The summed E-state index contributed by atoms with van der Waals surface area (Å²) in [5, 5.41) is 3.44. The molecular formula is C20H20Cl2N4O4. The number of nitrogens with zero attached hydrogens (tertiary/aromatic N) is 2. The number of oxazole rings is 1. The van der Waals surface area contributed by atoms with E-state index in [2.05, 4.69) is 15.3 Å². The van der Waals surface area contributed by atoms with E-state index < -0.39 is 11.9 Å². The number of aromatic nitrogens is 2. The van der Waals surface area contributed by atoms with E-state index in [1.54, 1.807) is 32.2 Å². The van der Waals surface area contributed by atoms with Crippen LogP contribution in [0, 0.1) is 0 Å². The first-order chi connectivity index (χ1) is 14.3. The van der Waals surface area contributed by atoms with Crippen LogP contribution >= 0.6 is 23.2 Å². The molecule has 0 aliphatic rings. The molecule has 0 spiro atoms. The first kappa shape index (κ1) is 21.9. The molecule has 0 unspecified atom stereocenters. The molecule has 2 aromatic heterocycles. The third-order valence-electron chi connectivity index (χ3n) is 4.29. The van der Waals surface area contributed by atoms with Crippen LogP contribution in [-0.2, 0) is 6.54 Å². The normalized spacial score (nSPS) is 11.8. The van der Waals surface area contributed by atoms with Crippen LogP contribution in [0.5, 0.6) is 11.5 Å².